The molecule has 0 unspecified atom stereocenters. The van der Waals surface area contributed by atoms with E-state index in [0.29, 0.717) is 0 Å². The average Bonchev–Trinajstić information content (AvgIpc) is 3.07. The predicted octanol–water partition coefficient (Wildman–Crippen LogP) is 3.53. The minimum atomic E-state index is 0.768. The van der Waals surface area contributed by atoms with E-state index >= 15 is 0 Å². The number of aliphatic imine (C=N–C) groups is 1. The summed E-state index contributed by atoms with van der Waals surface area (Å²) in [6, 6.07) is 16.5. The molecule has 0 saturated carbocycles. The maximum atomic E-state index is 5.32. The third-order valence-corrected chi connectivity index (χ3v) is 4.09. The molecule has 0 bridgehead atoms. The second kappa shape index (κ2) is 4.77. The van der Waals surface area contributed by atoms with Crippen LogP contribution >= 0.6 is 0 Å². The van der Waals surface area contributed by atoms with Gasteiger partial charge in [-0.3, -0.25) is 4.99 Å². The Hall–Kier alpha value is -2.55. The fourth-order valence-corrected chi connectivity index (χ4v) is 3.03. The monoisotopic (exact) mass is 275 g/mol. The Bertz CT molecular complexity index is 760. The highest BCUT2D eigenvalue weighted by molar-refractivity contribution is 6.17. The van der Waals surface area contributed by atoms with E-state index in [1.807, 2.05) is 24.3 Å². The molecule has 0 fully saturated rings. The lowest BCUT2D eigenvalue weighted by Crippen LogP contribution is -2.13. The third kappa shape index (κ3) is 2.02. The van der Waals surface area contributed by atoms with Crippen LogP contribution in [0.1, 0.15) is 11.1 Å². The molecule has 104 valence electrons. The van der Waals surface area contributed by atoms with Gasteiger partial charge in [-0.05, 0) is 41.0 Å². The molecule has 0 spiro atoms. The zero-order chi connectivity index (χ0) is 14.2. The Balaban J connectivity index is 1.62. The van der Waals surface area contributed by atoms with E-state index in [1.54, 1.807) is 7.11 Å². The molecular weight excluding hydrogens is 259 g/mol. The van der Waals surface area contributed by atoms with Crippen LogP contribution in [-0.2, 0) is 6.42 Å². The SMILES string of the molecule is [11CH3]Oc1ccc2c(c1)CC1=C2CN=C1Nc1ccccc1. The largest absolute Gasteiger partial charge is 0.497 e. The quantitative estimate of drug-likeness (QED) is 0.909. The van der Waals surface area contributed by atoms with E-state index in [1.165, 1.54) is 22.3 Å². The third-order valence-electron chi connectivity index (χ3n) is 4.09. The first-order valence-corrected chi connectivity index (χ1v) is 7.11. The topological polar surface area (TPSA) is 33.6 Å². The van der Waals surface area contributed by atoms with Crippen LogP contribution in [0.25, 0.3) is 5.57 Å². The predicted molar refractivity (Wildman–Crippen MR) is 86.0 cm³/mol. The van der Waals surface area contributed by atoms with Gasteiger partial charge in [0.25, 0.3) is 0 Å². The molecular formula is C18H16N2O. The van der Waals surface area contributed by atoms with Gasteiger partial charge < -0.3 is 10.1 Å². The molecule has 4 rings (SSSR count). The Kier molecular flexibility index (Phi) is 2.78. The summed E-state index contributed by atoms with van der Waals surface area (Å²) in [4.78, 5) is 4.66. The van der Waals surface area contributed by atoms with Gasteiger partial charge in [0, 0.05) is 17.7 Å². The zero-order valence-corrected chi connectivity index (χ0v) is 11.9. The Labute approximate surface area is 124 Å². The number of nitrogens with zero attached hydrogens (tertiary/aromatic N) is 1. The van der Waals surface area contributed by atoms with Crippen LogP contribution in [-0.4, -0.2) is 19.5 Å². The van der Waals surface area contributed by atoms with Gasteiger partial charge in [-0.15, -0.1) is 0 Å². The molecule has 0 amide bonds. The molecule has 1 heterocycles. The van der Waals surface area contributed by atoms with E-state index in [2.05, 4.69) is 34.6 Å². The summed E-state index contributed by atoms with van der Waals surface area (Å²) >= 11 is 0. The van der Waals surface area contributed by atoms with Crippen LogP contribution in [0.3, 0.4) is 0 Å². The van der Waals surface area contributed by atoms with Gasteiger partial charge in [0.2, 0.25) is 0 Å². The fraction of sp³-hybridized carbons (Fsp3) is 0.167. The number of hydrogen-bond acceptors (Lipinski definition) is 3. The number of ether oxygens (including phenoxy) is 1. The average molecular weight is 275 g/mol. The van der Waals surface area contributed by atoms with Crippen LogP contribution in [0.4, 0.5) is 5.69 Å². The second-order valence-electron chi connectivity index (χ2n) is 5.31. The highest BCUT2D eigenvalue weighted by Gasteiger charge is 2.28. The zero-order valence-electron chi connectivity index (χ0n) is 11.9. The Morgan fingerprint density at radius 1 is 1.05 bits per heavy atom. The van der Waals surface area contributed by atoms with Gasteiger partial charge in [-0.2, -0.15) is 0 Å². The summed E-state index contributed by atoms with van der Waals surface area (Å²) in [6.45, 7) is 0.768. The van der Waals surface area contributed by atoms with Crippen LogP contribution in [0.2, 0.25) is 0 Å². The first-order chi connectivity index (χ1) is 10.3. The van der Waals surface area contributed by atoms with Gasteiger partial charge in [-0.25, -0.2) is 0 Å². The van der Waals surface area contributed by atoms with Crippen LogP contribution in [0.15, 0.2) is 59.1 Å². The van der Waals surface area contributed by atoms with Crippen molar-refractivity contribution < 1.29 is 4.74 Å². The number of anilines is 1. The van der Waals surface area contributed by atoms with Crippen molar-refractivity contribution >= 4 is 17.1 Å². The van der Waals surface area contributed by atoms with Crippen LogP contribution in [0, 0.1) is 0 Å². The fourth-order valence-electron chi connectivity index (χ4n) is 3.03. The molecule has 1 N–H and O–H groups in total. The minimum absolute atomic E-state index is 0.768. The van der Waals surface area contributed by atoms with Crippen LogP contribution in [0.5, 0.6) is 5.75 Å². The lowest BCUT2D eigenvalue weighted by Gasteiger charge is -2.09. The molecule has 3 nitrogen and oxygen atoms in total. The van der Waals surface area contributed by atoms with Gasteiger partial charge in [0.15, 0.2) is 0 Å². The molecule has 21 heavy (non-hydrogen) atoms. The van der Waals surface area contributed by atoms with Crippen molar-refractivity contribution in [2.24, 2.45) is 4.99 Å². The second-order valence-corrected chi connectivity index (χ2v) is 5.31. The molecule has 1 aliphatic carbocycles. The standard InChI is InChI=1S/C18H16N2O/c1-21-14-7-8-15-12(9-14)10-16-17(15)11-19-18(16)20-13-5-3-2-4-6-13/h2-9H,10-11H2,1H3,(H,19,20)/i1-1. The normalized spacial score (nSPS) is 15.6. The van der Waals surface area contributed by atoms with Crippen molar-refractivity contribution in [3.63, 3.8) is 0 Å². The maximum Gasteiger partial charge on any atom is 0.129 e. The van der Waals surface area contributed by atoms with Gasteiger partial charge in [0.1, 0.15) is 11.6 Å². The van der Waals surface area contributed by atoms with Gasteiger partial charge >= 0.3 is 0 Å². The summed E-state index contributed by atoms with van der Waals surface area (Å²) in [5.41, 5.74) is 6.41. The van der Waals surface area contributed by atoms with E-state index in [0.717, 1.165) is 30.2 Å². The first-order valence-electron chi connectivity index (χ1n) is 7.11. The lowest BCUT2D eigenvalue weighted by atomic mass is 10.1. The van der Waals surface area contributed by atoms with Crippen molar-refractivity contribution in [2.45, 2.75) is 6.42 Å². The Morgan fingerprint density at radius 3 is 2.71 bits per heavy atom. The molecule has 3 heteroatoms. The van der Waals surface area contributed by atoms with Crippen molar-refractivity contribution in [1.29, 1.82) is 0 Å². The summed E-state index contributed by atoms with van der Waals surface area (Å²) < 4.78 is 5.32. The van der Waals surface area contributed by atoms with E-state index in [4.69, 9.17) is 4.74 Å². The smallest absolute Gasteiger partial charge is 0.129 e. The summed E-state index contributed by atoms with van der Waals surface area (Å²) in [5.74, 6) is 1.93. The molecule has 2 aromatic carbocycles. The molecule has 0 saturated heterocycles. The molecule has 2 aliphatic rings. The first kappa shape index (κ1) is 12.2. The number of nitrogens with one attached hydrogen (secondary N) is 1. The van der Waals surface area contributed by atoms with Crippen LogP contribution < -0.4 is 10.1 Å². The number of hydrogen-bond donors (Lipinski definition) is 1. The number of benzene rings is 2. The maximum absolute atomic E-state index is 5.32. The van der Waals surface area contributed by atoms with Crippen molar-refractivity contribution in [1.82, 2.24) is 0 Å². The highest BCUT2D eigenvalue weighted by atomic mass is 16.4. The van der Waals surface area contributed by atoms with Crippen molar-refractivity contribution in [3.8, 4) is 5.75 Å². The minimum Gasteiger partial charge on any atom is -0.497 e. The summed E-state index contributed by atoms with van der Waals surface area (Å²) in [7, 11) is 1.71. The number of methoxy groups -OCH3 is 1. The van der Waals surface area contributed by atoms with Crippen molar-refractivity contribution in [3.05, 3.63) is 65.2 Å². The number of fused-ring (bicyclic) bond motifs is 2. The Morgan fingerprint density at radius 2 is 1.90 bits per heavy atom. The van der Waals surface area contributed by atoms with E-state index < -0.39 is 0 Å². The summed E-state index contributed by atoms with van der Waals surface area (Å²) in [5, 5.41) is 3.44. The number of rotatable bonds is 2. The molecule has 0 aromatic heterocycles. The lowest BCUT2D eigenvalue weighted by molar-refractivity contribution is 0.414. The molecule has 1 aliphatic heterocycles. The molecule has 0 atom stereocenters. The highest BCUT2D eigenvalue weighted by Crippen LogP contribution is 2.38. The van der Waals surface area contributed by atoms with Crippen molar-refractivity contribution in [2.75, 3.05) is 19.0 Å². The van der Waals surface area contributed by atoms with E-state index in [-0.39, 0.29) is 0 Å². The summed E-state index contributed by atoms with van der Waals surface area (Å²) in [6.07, 6.45) is 0.931. The molecule has 0 radical (unpaired) electrons. The van der Waals surface area contributed by atoms with E-state index in [9.17, 15) is 0 Å². The number of para-hydroxylation sites is 1. The number of amidine groups is 1. The van der Waals surface area contributed by atoms with Gasteiger partial charge in [0.05, 0.1) is 13.7 Å². The van der Waals surface area contributed by atoms with Gasteiger partial charge in [-0.1, -0.05) is 24.3 Å². The molecule has 2 aromatic rings.